The van der Waals surface area contributed by atoms with Crippen LogP contribution in [0.3, 0.4) is 0 Å². The van der Waals surface area contributed by atoms with Crippen molar-refractivity contribution in [2.45, 2.75) is 18.9 Å². The molecule has 1 unspecified atom stereocenters. The van der Waals surface area contributed by atoms with Gasteiger partial charge < -0.3 is 14.6 Å². The zero-order valence-corrected chi connectivity index (χ0v) is 10.2. The molecule has 1 aliphatic heterocycles. The van der Waals surface area contributed by atoms with E-state index in [-0.39, 0.29) is 11.7 Å². The van der Waals surface area contributed by atoms with Crippen LogP contribution in [0, 0.1) is 0 Å². The average molecular weight is 257 g/mol. The number of rotatable bonds is 3. The van der Waals surface area contributed by atoms with E-state index in [0.717, 1.165) is 18.4 Å². The number of halogens is 1. The van der Waals surface area contributed by atoms with Gasteiger partial charge in [0.05, 0.1) is 13.2 Å². The molecule has 0 saturated carbocycles. The Morgan fingerprint density at radius 3 is 2.88 bits per heavy atom. The summed E-state index contributed by atoms with van der Waals surface area (Å²) in [6, 6.07) is 3.10. The van der Waals surface area contributed by atoms with Crippen LogP contribution in [0.4, 0.5) is 0 Å². The van der Waals surface area contributed by atoms with Crippen molar-refractivity contribution in [3.05, 3.63) is 28.3 Å². The van der Waals surface area contributed by atoms with Gasteiger partial charge in [-0.05, 0) is 25.0 Å². The number of hydrogen-bond donors (Lipinski definition) is 1. The van der Waals surface area contributed by atoms with Crippen LogP contribution in [-0.4, -0.2) is 24.8 Å². The Labute approximate surface area is 104 Å². The third-order valence-corrected chi connectivity index (χ3v) is 3.01. The maximum atomic E-state index is 11.1. The van der Waals surface area contributed by atoms with E-state index in [2.05, 4.69) is 0 Å². The maximum absolute atomic E-state index is 11.1. The first-order valence-corrected chi connectivity index (χ1v) is 5.73. The lowest BCUT2D eigenvalue weighted by Crippen LogP contribution is -2.06. The van der Waals surface area contributed by atoms with E-state index in [1.807, 2.05) is 0 Å². The van der Waals surface area contributed by atoms with Crippen LogP contribution < -0.4 is 4.74 Å². The topological polar surface area (TPSA) is 55.8 Å². The summed E-state index contributed by atoms with van der Waals surface area (Å²) in [7, 11) is 1.45. The van der Waals surface area contributed by atoms with E-state index < -0.39 is 5.97 Å². The van der Waals surface area contributed by atoms with Gasteiger partial charge in [0, 0.05) is 17.2 Å². The summed E-state index contributed by atoms with van der Waals surface area (Å²) in [5.41, 5.74) is 0.792. The summed E-state index contributed by atoms with van der Waals surface area (Å²) in [6.07, 6.45) is 1.69. The minimum atomic E-state index is -1.05. The van der Waals surface area contributed by atoms with Gasteiger partial charge in [0.1, 0.15) is 11.3 Å². The van der Waals surface area contributed by atoms with E-state index in [9.17, 15) is 4.79 Å². The van der Waals surface area contributed by atoms with Gasteiger partial charge in [0.15, 0.2) is 0 Å². The molecule has 0 amide bonds. The highest BCUT2D eigenvalue weighted by molar-refractivity contribution is 6.31. The number of carbonyl (C=O) groups is 1. The molecule has 1 heterocycles. The Morgan fingerprint density at radius 2 is 2.35 bits per heavy atom. The fraction of sp³-hybridized carbons (Fsp3) is 0.417. The normalized spacial score (nSPS) is 19.3. The van der Waals surface area contributed by atoms with E-state index in [1.165, 1.54) is 13.2 Å². The number of methoxy groups -OCH3 is 1. The van der Waals surface area contributed by atoms with E-state index in [1.54, 1.807) is 6.07 Å². The van der Waals surface area contributed by atoms with Crippen molar-refractivity contribution in [3.8, 4) is 5.75 Å². The standard InChI is InChI=1S/C12H13ClO4/c1-16-11-8(10-3-2-4-17-10)5-7(13)6-9(11)12(14)15/h5-6,10H,2-4H2,1H3,(H,14,15). The predicted molar refractivity (Wildman–Crippen MR) is 62.9 cm³/mol. The summed E-state index contributed by atoms with van der Waals surface area (Å²) < 4.78 is 10.7. The van der Waals surface area contributed by atoms with Crippen molar-refractivity contribution in [1.29, 1.82) is 0 Å². The first-order valence-electron chi connectivity index (χ1n) is 5.36. The predicted octanol–water partition coefficient (Wildman–Crippen LogP) is 2.90. The molecule has 5 heteroatoms. The molecule has 4 nitrogen and oxygen atoms in total. The van der Waals surface area contributed by atoms with Gasteiger partial charge >= 0.3 is 5.97 Å². The Bertz CT molecular complexity index is 438. The average Bonchev–Trinajstić information content (AvgIpc) is 2.81. The molecular weight excluding hydrogens is 244 g/mol. The smallest absolute Gasteiger partial charge is 0.339 e. The van der Waals surface area contributed by atoms with Crippen LogP contribution >= 0.6 is 11.6 Å². The number of aromatic carboxylic acids is 1. The van der Waals surface area contributed by atoms with Gasteiger partial charge in [-0.1, -0.05) is 11.6 Å². The van der Waals surface area contributed by atoms with Crippen LogP contribution in [0.25, 0.3) is 0 Å². The quantitative estimate of drug-likeness (QED) is 0.903. The van der Waals surface area contributed by atoms with Gasteiger partial charge in [-0.25, -0.2) is 4.79 Å². The first-order chi connectivity index (χ1) is 8.13. The molecule has 0 aliphatic carbocycles. The molecule has 92 valence electrons. The lowest BCUT2D eigenvalue weighted by atomic mass is 10.0. The van der Waals surface area contributed by atoms with Crippen molar-refractivity contribution in [1.82, 2.24) is 0 Å². The lowest BCUT2D eigenvalue weighted by molar-refractivity contribution is 0.0691. The zero-order chi connectivity index (χ0) is 12.4. The molecule has 1 aromatic carbocycles. The highest BCUT2D eigenvalue weighted by Crippen LogP contribution is 2.38. The molecule has 0 spiro atoms. The molecule has 1 saturated heterocycles. The number of carboxylic acid groups (broad SMARTS) is 1. The molecular formula is C12H13ClO4. The maximum Gasteiger partial charge on any atom is 0.339 e. The second-order valence-corrected chi connectivity index (χ2v) is 4.32. The van der Waals surface area contributed by atoms with E-state index >= 15 is 0 Å². The van der Waals surface area contributed by atoms with E-state index in [4.69, 9.17) is 26.2 Å². The van der Waals surface area contributed by atoms with E-state index in [0.29, 0.717) is 17.4 Å². The van der Waals surface area contributed by atoms with Gasteiger partial charge in [-0.15, -0.1) is 0 Å². The van der Waals surface area contributed by atoms with Gasteiger partial charge in [0.2, 0.25) is 0 Å². The van der Waals surface area contributed by atoms with Crippen LogP contribution in [0.15, 0.2) is 12.1 Å². The number of hydrogen-bond acceptors (Lipinski definition) is 3. The molecule has 1 aliphatic rings. The fourth-order valence-corrected chi connectivity index (χ4v) is 2.29. The highest BCUT2D eigenvalue weighted by atomic mass is 35.5. The minimum absolute atomic E-state index is 0.0745. The van der Waals surface area contributed by atoms with Crippen molar-refractivity contribution < 1.29 is 19.4 Å². The van der Waals surface area contributed by atoms with Gasteiger partial charge in [-0.3, -0.25) is 0 Å². The van der Waals surface area contributed by atoms with Crippen molar-refractivity contribution in [3.63, 3.8) is 0 Å². The largest absolute Gasteiger partial charge is 0.495 e. The number of ether oxygens (including phenoxy) is 2. The Balaban J connectivity index is 2.52. The summed E-state index contributed by atoms with van der Waals surface area (Å²) in [5.74, 6) is -0.711. The monoisotopic (exact) mass is 256 g/mol. The SMILES string of the molecule is COc1c(C(=O)O)cc(Cl)cc1C1CCCO1. The lowest BCUT2D eigenvalue weighted by Gasteiger charge is -2.16. The number of benzene rings is 1. The minimum Gasteiger partial charge on any atom is -0.495 e. The van der Waals surface area contributed by atoms with Crippen LogP contribution in [0.2, 0.25) is 5.02 Å². The van der Waals surface area contributed by atoms with Crippen LogP contribution in [-0.2, 0) is 4.74 Å². The summed E-state index contributed by atoms with van der Waals surface area (Å²) in [5, 5.41) is 9.49. The molecule has 0 radical (unpaired) electrons. The van der Waals surface area contributed by atoms with Crippen molar-refractivity contribution >= 4 is 17.6 Å². The van der Waals surface area contributed by atoms with Crippen molar-refractivity contribution in [2.75, 3.05) is 13.7 Å². The Morgan fingerprint density at radius 1 is 1.59 bits per heavy atom. The fourth-order valence-electron chi connectivity index (χ4n) is 2.06. The molecule has 1 aromatic rings. The first kappa shape index (κ1) is 12.2. The highest BCUT2D eigenvalue weighted by Gasteiger charge is 2.25. The Kier molecular flexibility index (Phi) is 3.54. The molecule has 2 rings (SSSR count). The summed E-state index contributed by atoms with van der Waals surface area (Å²) in [6.45, 7) is 0.683. The second-order valence-electron chi connectivity index (χ2n) is 3.88. The molecule has 0 aromatic heterocycles. The molecule has 0 bridgehead atoms. The molecule has 1 fully saturated rings. The molecule has 1 N–H and O–H groups in total. The molecule has 1 atom stereocenters. The van der Waals surface area contributed by atoms with Crippen LogP contribution in [0.1, 0.15) is 34.9 Å². The van der Waals surface area contributed by atoms with Gasteiger partial charge in [0.25, 0.3) is 0 Å². The second kappa shape index (κ2) is 4.94. The third kappa shape index (κ3) is 2.37. The number of carboxylic acids is 1. The Hall–Kier alpha value is -1.26. The zero-order valence-electron chi connectivity index (χ0n) is 9.40. The van der Waals surface area contributed by atoms with Crippen molar-refractivity contribution in [2.24, 2.45) is 0 Å². The van der Waals surface area contributed by atoms with Crippen LogP contribution in [0.5, 0.6) is 5.75 Å². The molecule has 17 heavy (non-hydrogen) atoms. The summed E-state index contributed by atoms with van der Waals surface area (Å²) >= 11 is 5.93. The summed E-state index contributed by atoms with van der Waals surface area (Å²) in [4.78, 5) is 11.1. The van der Waals surface area contributed by atoms with Gasteiger partial charge in [-0.2, -0.15) is 0 Å². The third-order valence-electron chi connectivity index (χ3n) is 2.79.